The molecule has 1 heterocycles. The van der Waals surface area contributed by atoms with E-state index < -0.39 is 21.1 Å². The fourth-order valence-electron chi connectivity index (χ4n) is 1.06. The molecule has 0 radical (unpaired) electrons. The first-order chi connectivity index (χ1) is 6.95. The molecule has 0 saturated heterocycles. The van der Waals surface area contributed by atoms with Gasteiger partial charge in [-0.05, 0) is 6.42 Å². The summed E-state index contributed by atoms with van der Waals surface area (Å²) in [6.07, 6.45) is 1.23. The van der Waals surface area contributed by atoms with Crippen molar-refractivity contribution in [1.29, 1.82) is 0 Å². The first-order valence-electron chi connectivity index (χ1n) is 4.52. The van der Waals surface area contributed by atoms with Gasteiger partial charge in [-0.15, -0.1) is 0 Å². The molecule has 1 rings (SSSR count). The summed E-state index contributed by atoms with van der Waals surface area (Å²) >= 11 is 0. The van der Waals surface area contributed by atoms with Gasteiger partial charge in [-0.2, -0.15) is 0 Å². The maximum Gasteiger partial charge on any atom is 0.326 e. The molecule has 0 aromatic carbocycles. The third-order valence-corrected chi connectivity index (χ3v) is 3.55. The average molecular weight is 232 g/mol. The van der Waals surface area contributed by atoms with Gasteiger partial charge in [0.2, 0.25) is 0 Å². The maximum atomic E-state index is 11.6. The van der Waals surface area contributed by atoms with Gasteiger partial charge in [0.25, 0.3) is 5.56 Å². The molecule has 0 atom stereocenters. The second-order valence-corrected chi connectivity index (χ2v) is 5.20. The molecule has 0 unspecified atom stereocenters. The van der Waals surface area contributed by atoms with Gasteiger partial charge in [0.1, 0.15) is 5.03 Å². The highest BCUT2D eigenvalue weighted by molar-refractivity contribution is 7.91. The molecule has 0 aliphatic carbocycles. The number of aromatic amines is 2. The molecule has 0 aliphatic heterocycles. The van der Waals surface area contributed by atoms with Crippen LogP contribution in [0.1, 0.15) is 19.8 Å². The van der Waals surface area contributed by atoms with Crippen LogP contribution in [0.2, 0.25) is 0 Å². The van der Waals surface area contributed by atoms with E-state index in [9.17, 15) is 18.0 Å². The molecule has 15 heavy (non-hydrogen) atoms. The smallest absolute Gasteiger partial charge is 0.298 e. The lowest BCUT2D eigenvalue weighted by Gasteiger charge is -2.01. The van der Waals surface area contributed by atoms with Crippen LogP contribution in [0, 0.1) is 0 Å². The molecule has 0 spiro atoms. The van der Waals surface area contributed by atoms with Crippen LogP contribution in [0.5, 0.6) is 0 Å². The second-order valence-electron chi connectivity index (χ2n) is 3.12. The number of aromatic nitrogens is 2. The van der Waals surface area contributed by atoms with Crippen LogP contribution in [-0.2, 0) is 9.84 Å². The Morgan fingerprint density at radius 3 is 2.47 bits per heavy atom. The standard InChI is InChI=1S/C8H12N2O4S/c1-2-3-4-15(13,14)7-5-6(11)9-8(12)10-7/h5H,2-4H2,1H3,(H2,9,10,11,12). The summed E-state index contributed by atoms with van der Waals surface area (Å²) in [6, 6.07) is 0.881. The largest absolute Gasteiger partial charge is 0.326 e. The summed E-state index contributed by atoms with van der Waals surface area (Å²) in [5, 5.41) is -0.315. The van der Waals surface area contributed by atoms with Gasteiger partial charge in [0, 0.05) is 6.07 Å². The van der Waals surface area contributed by atoms with Gasteiger partial charge in [0.05, 0.1) is 5.75 Å². The van der Waals surface area contributed by atoms with E-state index in [2.05, 4.69) is 4.98 Å². The third kappa shape index (κ3) is 3.05. The Hall–Kier alpha value is -1.37. The van der Waals surface area contributed by atoms with Crippen LogP contribution in [0.25, 0.3) is 0 Å². The van der Waals surface area contributed by atoms with Crippen molar-refractivity contribution in [3.63, 3.8) is 0 Å². The normalized spacial score (nSPS) is 11.5. The Kier molecular flexibility index (Phi) is 3.46. The fourth-order valence-corrected chi connectivity index (χ4v) is 2.48. The zero-order valence-corrected chi connectivity index (χ0v) is 9.06. The van der Waals surface area contributed by atoms with Crippen molar-refractivity contribution in [2.75, 3.05) is 5.75 Å². The highest BCUT2D eigenvalue weighted by Crippen LogP contribution is 2.05. The van der Waals surface area contributed by atoms with Crippen LogP contribution in [0.3, 0.4) is 0 Å². The van der Waals surface area contributed by atoms with Gasteiger partial charge >= 0.3 is 5.69 Å². The predicted molar refractivity (Wildman–Crippen MR) is 54.6 cm³/mol. The molecule has 0 bridgehead atoms. The molecule has 0 fully saturated rings. The highest BCUT2D eigenvalue weighted by atomic mass is 32.2. The molecular weight excluding hydrogens is 220 g/mol. The molecule has 1 aromatic rings. The van der Waals surface area contributed by atoms with Crippen molar-refractivity contribution in [3.05, 3.63) is 26.9 Å². The highest BCUT2D eigenvalue weighted by Gasteiger charge is 2.15. The predicted octanol–water partition coefficient (Wildman–Crippen LogP) is -0.363. The minimum atomic E-state index is -3.54. The zero-order valence-electron chi connectivity index (χ0n) is 8.24. The molecule has 7 heteroatoms. The molecular formula is C8H12N2O4S. The van der Waals surface area contributed by atoms with Gasteiger partial charge in [-0.1, -0.05) is 13.3 Å². The van der Waals surface area contributed by atoms with Crippen molar-refractivity contribution in [1.82, 2.24) is 9.97 Å². The summed E-state index contributed by atoms with van der Waals surface area (Å²) in [4.78, 5) is 25.8. The Bertz CT molecular complexity index is 512. The Morgan fingerprint density at radius 1 is 1.27 bits per heavy atom. The fraction of sp³-hybridized carbons (Fsp3) is 0.500. The average Bonchev–Trinajstić information content (AvgIpc) is 2.13. The van der Waals surface area contributed by atoms with Crippen molar-refractivity contribution < 1.29 is 8.42 Å². The molecule has 2 N–H and O–H groups in total. The lowest BCUT2D eigenvalue weighted by molar-refractivity contribution is 0.587. The Balaban J connectivity index is 3.16. The van der Waals surface area contributed by atoms with Crippen molar-refractivity contribution in [2.24, 2.45) is 0 Å². The summed E-state index contributed by atoms with van der Waals surface area (Å²) < 4.78 is 23.1. The SMILES string of the molecule is CCCCS(=O)(=O)c1cc(=O)[nH]c(=O)[nH]1. The quantitative estimate of drug-likeness (QED) is 0.692. The van der Waals surface area contributed by atoms with Gasteiger partial charge in [-0.3, -0.25) is 14.8 Å². The number of sulfone groups is 1. The molecule has 0 saturated carbocycles. The number of unbranched alkanes of at least 4 members (excludes halogenated alkanes) is 1. The van der Waals surface area contributed by atoms with E-state index in [-0.39, 0.29) is 10.8 Å². The van der Waals surface area contributed by atoms with Crippen LogP contribution < -0.4 is 11.2 Å². The van der Waals surface area contributed by atoms with E-state index in [4.69, 9.17) is 0 Å². The molecule has 6 nitrogen and oxygen atoms in total. The summed E-state index contributed by atoms with van der Waals surface area (Å²) in [6.45, 7) is 1.86. The third-order valence-electron chi connectivity index (χ3n) is 1.84. The minimum Gasteiger partial charge on any atom is -0.298 e. The topological polar surface area (TPSA) is 99.9 Å². The van der Waals surface area contributed by atoms with Crippen LogP contribution in [-0.4, -0.2) is 24.1 Å². The van der Waals surface area contributed by atoms with Crippen molar-refractivity contribution in [3.8, 4) is 0 Å². The second kappa shape index (κ2) is 4.43. The molecule has 84 valence electrons. The lowest BCUT2D eigenvalue weighted by atomic mass is 10.4. The van der Waals surface area contributed by atoms with Gasteiger partial charge in [0.15, 0.2) is 9.84 Å². The summed E-state index contributed by atoms with van der Waals surface area (Å²) in [7, 11) is -3.54. The zero-order chi connectivity index (χ0) is 11.5. The van der Waals surface area contributed by atoms with E-state index in [0.29, 0.717) is 6.42 Å². The summed E-state index contributed by atoms with van der Waals surface area (Å²) in [5.74, 6) is -0.0666. The van der Waals surface area contributed by atoms with Crippen LogP contribution in [0.15, 0.2) is 20.7 Å². The van der Waals surface area contributed by atoms with Gasteiger partial charge in [-0.25, -0.2) is 13.2 Å². The number of rotatable bonds is 4. The maximum absolute atomic E-state index is 11.6. The van der Waals surface area contributed by atoms with Crippen LogP contribution >= 0.6 is 0 Å². The van der Waals surface area contributed by atoms with Gasteiger partial charge < -0.3 is 0 Å². The van der Waals surface area contributed by atoms with Crippen LogP contribution in [0.4, 0.5) is 0 Å². The minimum absolute atomic E-state index is 0.0666. The van der Waals surface area contributed by atoms with E-state index in [1.54, 1.807) is 0 Å². The first kappa shape index (κ1) is 11.7. The number of H-pyrrole nitrogens is 2. The van der Waals surface area contributed by atoms with Crippen molar-refractivity contribution >= 4 is 9.84 Å². The number of nitrogens with one attached hydrogen (secondary N) is 2. The number of hydrogen-bond donors (Lipinski definition) is 2. The lowest BCUT2D eigenvalue weighted by Crippen LogP contribution is -2.25. The molecule has 0 aliphatic rings. The number of hydrogen-bond acceptors (Lipinski definition) is 4. The Labute approximate surface area is 86.3 Å². The molecule has 0 amide bonds. The van der Waals surface area contributed by atoms with Crippen molar-refractivity contribution in [2.45, 2.75) is 24.8 Å². The van der Waals surface area contributed by atoms with E-state index in [1.165, 1.54) is 0 Å². The molecule has 1 aromatic heterocycles. The van der Waals surface area contributed by atoms with E-state index in [0.717, 1.165) is 12.5 Å². The summed E-state index contributed by atoms with van der Waals surface area (Å²) in [5.41, 5.74) is -1.52. The Morgan fingerprint density at radius 2 is 1.93 bits per heavy atom. The van der Waals surface area contributed by atoms with E-state index in [1.807, 2.05) is 11.9 Å². The van der Waals surface area contributed by atoms with E-state index >= 15 is 0 Å². The first-order valence-corrected chi connectivity index (χ1v) is 6.17. The monoisotopic (exact) mass is 232 g/mol.